The van der Waals surface area contributed by atoms with Crippen LogP contribution < -0.4 is 0 Å². The molecule has 2 heteroatoms. The van der Waals surface area contributed by atoms with Crippen molar-refractivity contribution in [2.45, 2.75) is 20.3 Å². The molecule has 0 bridgehead atoms. The summed E-state index contributed by atoms with van der Waals surface area (Å²) in [5, 5.41) is 8.73. The minimum Gasteiger partial charge on any atom is -0.481 e. The van der Waals surface area contributed by atoms with E-state index in [1.807, 2.05) is 30.3 Å². The number of rotatable bonds is 3. The molecule has 0 fully saturated rings. The molecule has 0 saturated carbocycles. The molecule has 0 unspecified atom stereocenters. The molecule has 0 atom stereocenters. The number of aliphatic carboxylic acids is 1. The SMILES string of the molecule is Cc1cccc(-c2ccc(CC(=O)O)cc2)c1C. The second-order valence-corrected chi connectivity index (χ2v) is 4.51. The first kappa shape index (κ1) is 12.4. The molecule has 0 aliphatic carbocycles. The van der Waals surface area contributed by atoms with Crippen LogP contribution in [-0.4, -0.2) is 11.1 Å². The molecule has 1 N–H and O–H groups in total. The van der Waals surface area contributed by atoms with Crippen LogP contribution in [0.5, 0.6) is 0 Å². The Morgan fingerprint density at radius 1 is 1.06 bits per heavy atom. The summed E-state index contributed by atoms with van der Waals surface area (Å²) in [5.41, 5.74) is 5.70. The summed E-state index contributed by atoms with van der Waals surface area (Å²) in [6, 6.07) is 14.0. The average molecular weight is 240 g/mol. The molecule has 2 aromatic carbocycles. The lowest BCUT2D eigenvalue weighted by Gasteiger charge is -2.09. The lowest BCUT2D eigenvalue weighted by atomic mass is 9.96. The second kappa shape index (κ2) is 5.05. The van der Waals surface area contributed by atoms with Gasteiger partial charge in [0.2, 0.25) is 0 Å². The van der Waals surface area contributed by atoms with E-state index in [4.69, 9.17) is 5.11 Å². The number of hydrogen-bond acceptors (Lipinski definition) is 1. The highest BCUT2D eigenvalue weighted by molar-refractivity contribution is 5.72. The van der Waals surface area contributed by atoms with Crippen molar-refractivity contribution in [3.8, 4) is 11.1 Å². The molecule has 0 heterocycles. The van der Waals surface area contributed by atoms with Crippen molar-refractivity contribution in [2.24, 2.45) is 0 Å². The van der Waals surface area contributed by atoms with Crippen LogP contribution in [0.25, 0.3) is 11.1 Å². The number of carboxylic acid groups (broad SMARTS) is 1. The molecule has 0 radical (unpaired) electrons. The average Bonchev–Trinajstić information content (AvgIpc) is 2.33. The summed E-state index contributed by atoms with van der Waals surface area (Å²) in [6.45, 7) is 4.20. The van der Waals surface area contributed by atoms with Gasteiger partial charge in [0.05, 0.1) is 6.42 Å². The highest BCUT2D eigenvalue weighted by atomic mass is 16.4. The largest absolute Gasteiger partial charge is 0.481 e. The third-order valence-corrected chi connectivity index (χ3v) is 3.22. The summed E-state index contributed by atoms with van der Waals surface area (Å²) in [5.74, 6) is -0.797. The van der Waals surface area contributed by atoms with Crippen LogP contribution in [0.2, 0.25) is 0 Å². The van der Waals surface area contributed by atoms with E-state index in [1.165, 1.54) is 16.7 Å². The van der Waals surface area contributed by atoms with Crippen molar-refractivity contribution in [1.29, 1.82) is 0 Å². The Labute approximate surface area is 107 Å². The van der Waals surface area contributed by atoms with Gasteiger partial charge in [-0.25, -0.2) is 0 Å². The molecule has 0 spiro atoms. The predicted octanol–water partition coefficient (Wildman–Crippen LogP) is 3.60. The van der Waals surface area contributed by atoms with Crippen molar-refractivity contribution in [3.63, 3.8) is 0 Å². The van der Waals surface area contributed by atoms with Crippen molar-refractivity contribution < 1.29 is 9.90 Å². The lowest BCUT2D eigenvalue weighted by Crippen LogP contribution is -1.99. The van der Waals surface area contributed by atoms with Crippen LogP contribution in [0.15, 0.2) is 42.5 Å². The minimum atomic E-state index is -0.797. The molecule has 2 nitrogen and oxygen atoms in total. The van der Waals surface area contributed by atoms with Crippen molar-refractivity contribution in [1.82, 2.24) is 0 Å². The van der Waals surface area contributed by atoms with Gasteiger partial charge in [-0.05, 0) is 41.7 Å². The Balaban J connectivity index is 2.34. The number of benzene rings is 2. The fourth-order valence-electron chi connectivity index (χ4n) is 2.04. The summed E-state index contributed by atoms with van der Waals surface area (Å²) in [7, 11) is 0. The van der Waals surface area contributed by atoms with Gasteiger partial charge in [-0.3, -0.25) is 4.79 Å². The predicted molar refractivity (Wildman–Crippen MR) is 72.7 cm³/mol. The van der Waals surface area contributed by atoms with E-state index in [1.54, 1.807) is 0 Å². The Bertz CT molecular complexity index is 568. The van der Waals surface area contributed by atoms with Crippen LogP contribution >= 0.6 is 0 Å². The number of aryl methyl sites for hydroxylation is 1. The van der Waals surface area contributed by atoms with Crippen LogP contribution in [0, 0.1) is 13.8 Å². The molecule has 0 aliphatic rings. The van der Waals surface area contributed by atoms with Crippen LogP contribution in [0.3, 0.4) is 0 Å². The zero-order valence-electron chi connectivity index (χ0n) is 10.6. The highest BCUT2D eigenvalue weighted by Crippen LogP contribution is 2.25. The van der Waals surface area contributed by atoms with Gasteiger partial charge in [0.1, 0.15) is 0 Å². The normalized spacial score (nSPS) is 10.3. The van der Waals surface area contributed by atoms with Gasteiger partial charge < -0.3 is 5.11 Å². The van der Waals surface area contributed by atoms with Crippen molar-refractivity contribution in [2.75, 3.05) is 0 Å². The van der Waals surface area contributed by atoms with E-state index in [2.05, 4.69) is 26.0 Å². The maximum atomic E-state index is 10.6. The van der Waals surface area contributed by atoms with Gasteiger partial charge in [0, 0.05) is 0 Å². The first-order chi connectivity index (χ1) is 8.58. The van der Waals surface area contributed by atoms with Gasteiger partial charge in [0.15, 0.2) is 0 Å². The smallest absolute Gasteiger partial charge is 0.307 e. The minimum absolute atomic E-state index is 0.0765. The zero-order chi connectivity index (χ0) is 13.1. The summed E-state index contributed by atoms with van der Waals surface area (Å²) in [6.07, 6.45) is 0.0765. The van der Waals surface area contributed by atoms with E-state index in [0.717, 1.165) is 11.1 Å². The molecule has 0 amide bonds. The van der Waals surface area contributed by atoms with Gasteiger partial charge in [-0.1, -0.05) is 42.5 Å². The molecule has 2 aromatic rings. The third-order valence-electron chi connectivity index (χ3n) is 3.22. The molecule has 0 aliphatic heterocycles. The first-order valence-corrected chi connectivity index (χ1v) is 5.95. The molecule has 0 saturated heterocycles. The Hall–Kier alpha value is -2.09. The first-order valence-electron chi connectivity index (χ1n) is 5.95. The van der Waals surface area contributed by atoms with Gasteiger partial charge in [-0.15, -0.1) is 0 Å². The molecule has 0 aromatic heterocycles. The fourth-order valence-corrected chi connectivity index (χ4v) is 2.04. The topological polar surface area (TPSA) is 37.3 Å². The quantitative estimate of drug-likeness (QED) is 0.890. The zero-order valence-corrected chi connectivity index (χ0v) is 10.6. The van der Waals surface area contributed by atoms with Crippen LogP contribution in [0.4, 0.5) is 0 Å². The van der Waals surface area contributed by atoms with E-state index >= 15 is 0 Å². The van der Waals surface area contributed by atoms with Gasteiger partial charge in [-0.2, -0.15) is 0 Å². The molecular formula is C16H16O2. The Morgan fingerprint density at radius 2 is 1.72 bits per heavy atom. The maximum Gasteiger partial charge on any atom is 0.307 e. The molecule has 2 rings (SSSR count). The fraction of sp³-hybridized carbons (Fsp3) is 0.188. The monoisotopic (exact) mass is 240 g/mol. The van der Waals surface area contributed by atoms with Crippen molar-refractivity contribution >= 4 is 5.97 Å². The lowest BCUT2D eigenvalue weighted by molar-refractivity contribution is -0.136. The van der Waals surface area contributed by atoms with E-state index in [0.29, 0.717) is 0 Å². The van der Waals surface area contributed by atoms with Crippen LogP contribution in [0.1, 0.15) is 16.7 Å². The van der Waals surface area contributed by atoms with E-state index < -0.39 is 5.97 Å². The van der Waals surface area contributed by atoms with Crippen molar-refractivity contribution in [3.05, 3.63) is 59.2 Å². The number of hydrogen-bond donors (Lipinski definition) is 1. The van der Waals surface area contributed by atoms with Crippen LogP contribution in [-0.2, 0) is 11.2 Å². The molecular weight excluding hydrogens is 224 g/mol. The second-order valence-electron chi connectivity index (χ2n) is 4.51. The molecule has 18 heavy (non-hydrogen) atoms. The molecule has 92 valence electrons. The van der Waals surface area contributed by atoms with E-state index in [-0.39, 0.29) is 6.42 Å². The summed E-state index contributed by atoms with van der Waals surface area (Å²) < 4.78 is 0. The standard InChI is InChI=1S/C16H16O2/c1-11-4-3-5-15(12(11)2)14-8-6-13(7-9-14)10-16(17)18/h3-9H,10H2,1-2H3,(H,17,18). The van der Waals surface area contributed by atoms with Gasteiger partial charge >= 0.3 is 5.97 Å². The number of carbonyl (C=O) groups is 1. The number of carboxylic acids is 1. The third kappa shape index (κ3) is 2.59. The Kier molecular flexibility index (Phi) is 3.47. The maximum absolute atomic E-state index is 10.6. The van der Waals surface area contributed by atoms with E-state index in [9.17, 15) is 4.79 Å². The summed E-state index contributed by atoms with van der Waals surface area (Å²) >= 11 is 0. The Morgan fingerprint density at radius 3 is 2.33 bits per heavy atom. The van der Waals surface area contributed by atoms with Gasteiger partial charge in [0.25, 0.3) is 0 Å². The highest BCUT2D eigenvalue weighted by Gasteiger charge is 2.05. The summed E-state index contributed by atoms with van der Waals surface area (Å²) in [4.78, 5) is 10.6.